The molecular weight excluding hydrogens is 455 g/mol. The normalized spacial score (nSPS) is 16.4. The number of aromatic nitrogens is 3. The molecule has 2 heterocycles. The molecule has 1 fully saturated rings. The molecule has 0 bridgehead atoms. The van der Waals surface area contributed by atoms with Crippen LogP contribution in [0, 0.1) is 0 Å². The SMILES string of the molecule is O=C(O)N1CCN(C(=O)n2cc(-c3ccc(OC(F)(F)F)cc3)nn2)C(Cc2ccccc2)C1. The topological polar surface area (TPSA) is 101 Å². The highest BCUT2D eigenvalue weighted by molar-refractivity contribution is 5.78. The minimum Gasteiger partial charge on any atom is -0.465 e. The molecule has 0 saturated carbocycles. The van der Waals surface area contributed by atoms with Crippen molar-refractivity contribution in [3.8, 4) is 17.0 Å². The van der Waals surface area contributed by atoms with Crippen LogP contribution in [-0.4, -0.2) is 74.1 Å². The second kappa shape index (κ2) is 9.41. The van der Waals surface area contributed by atoms with Gasteiger partial charge in [-0.25, -0.2) is 9.59 Å². The third-order valence-electron chi connectivity index (χ3n) is 5.39. The van der Waals surface area contributed by atoms with Gasteiger partial charge in [0.1, 0.15) is 11.4 Å². The van der Waals surface area contributed by atoms with Gasteiger partial charge in [-0.3, -0.25) is 0 Å². The average Bonchev–Trinajstić information content (AvgIpc) is 3.29. The Balaban J connectivity index is 1.51. The first-order chi connectivity index (χ1) is 16.2. The Morgan fingerprint density at radius 1 is 1.06 bits per heavy atom. The number of carbonyl (C=O) groups is 2. The first-order valence-electron chi connectivity index (χ1n) is 10.3. The zero-order chi connectivity index (χ0) is 24.3. The number of halogens is 3. The molecule has 9 nitrogen and oxygen atoms in total. The molecule has 3 aromatic rings. The highest BCUT2D eigenvalue weighted by Crippen LogP contribution is 2.26. The van der Waals surface area contributed by atoms with E-state index >= 15 is 0 Å². The molecule has 1 aliphatic rings. The molecule has 1 saturated heterocycles. The van der Waals surface area contributed by atoms with Crippen LogP contribution in [0.3, 0.4) is 0 Å². The smallest absolute Gasteiger partial charge is 0.465 e. The van der Waals surface area contributed by atoms with Crippen LogP contribution in [0.5, 0.6) is 5.75 Å². The number of carbonyl (C=O) groups excluding carboxylic acids is 1. The van der Waals surface area contributed by atoms with Crippen molar-refractivity contribution in [2.24, 2.45) is 0 Å². The van der Waals surface area contributed by atoms with Gasteiger partial charge >= 0.3 is 18.5 Å². The van der Waals surface area contributed by atoms with E-state index < -0.39 is 24.5 Å². The molecule has 0 spiro atoms. The number of ether oxygens (including phenoxy) is 1. The van der Waals surface area contributed by atoms with Gasteiger partial charge in [0.2, 0.25) is 0 Å². The maximum atomic E-state index is 13.2. The summed E-state index contributed by atoms with van der Waals surface area (Å²) in [5, 5.41) is 17.2. The van der Waals surface area contributed by atoms with Crippen LogP contribution in [0.2, 0.25) is 0 Å². The Bertz CT molecular complexity index is 1150. The largest absolute Gasteiger partial charge is 0.573 e. The van der Waals surface area contributed by atoms with Crippen molar-refractivity contribution in [1.82, 2.24) is 24.8 Å². The number of hydrogen-bond donors (Lipinski definition) is 1. The van der Waals surface area contributed by atoms with E-state index in [1.807, 2.05) is 30.3 Å². The summed E-state index contributed by atoms with van der Waals surface area (Å²) in [6.07, 6.45) is -4.01. The van der Waals surface area contributed by atoms with Gasteiger partial charge in [-0.1, -0.05) is 35.5 Å². The first-order valence-corrected chi connectivity index (χ1v) is 10.3. The lowest BCUT2D eigenvalue weighted by Crippen LogP contribution is -2.58. The first kappa shape index (κ1) is 23.1. The van der Waals surface area contributed by atoms with Crippen LogP contribution >= 0.6 is 0 Å². The van der Waals surface area contributed by atoms with E-state index in [-0.39, 0.29) is 31.1 Å². The molecule has 1 unspecified atom stereocenters. The lowest BCUT2D eigenvalue weighted by Gasteiger charge is -2.40. The van der Waals surface area contributed by atoms with Gasteiger partial charge in [0.15, 0.2) is 0 Å². The molecule has 1 aliphatic heterocycles. The summed E-state index contributed by atoms with van der Waals surface area (Å²) in [6.45, 7) is 0.494. The third kappa shape index (κ3) is 5.45. The van der Waals surface area contributed by atoms with Crippen molar-refractivity contribution < 1.29 is 32.6 Å². The molecule has 2 amide bonds. The quantitative estimate of drug-likeness (QED) is 0.617. The van der Waals surface area contributed by atoms with Crippen LogP contribution in [-0.2, 0) is 6.42 Å². The maximum Gasteiger partial charge on any atom is 0.573 e. The summed E-state index contributed by atoms with van der Waals surface area (Å²) in [5.41, 5.74) is 1.69. The Hall–Kier alpha value is -4.09. The number of carboxylic acid groups (broad SMARTS) is 1. The number of amides is 2. The summed E-state index contributed by atoms with van der Waals surface area (Å²) >= 11 is 0. The standard InChI is InChI=1S/C22H20F3N5O4/c23-22(24,25)34-18-8-6-16(7-9-18)19-14-30(27-26-19)20(31)29-11-10-28(21(32)33)13-17(29)12-15-4-2-1-3-5-15/h1-9,14,17H,10-13H2,(H,32,33). The lowest BCUT2D eigenvalue weighted by atomic mass is 10.0. The Kier molecular flexibility index (Phi) is 6.39. The molecule has 1 aromatic heterocycles. The minimum atomic E-state index is -4.79. The van der Waals surface area contributed by atoms with E-state index in [4.69, 9.17) is 0 Å². The highest BCUT2D eigenvalue weighted by Gasteiger charge is 2.34. The van der Waals surface area contributed by atoms with Crippen molar-refractivity contribution >= 4 is 12.1 Å². The van der Waals surface area contributed by atoms with Crippen LogP contribution in [0.1, 0.15) is 5.56 Å². The van der Waals surface area contributed by atoms with E-state index in [1.165, 1.54) is 23.2 Å². The summed E-state index contributed by atoms with van der Waals surface area (Å²) in [6, 6.07) is 13.6. The predicted octanol–water partition coefficient (Wildman–Crippen LogP) is 3.72. The Morgan fingerprint density at radius 2 is 1.76 bits per heavy atom. The van der Waals surface area contributed by atoms with Crippen molar-refractivity contribution in [1.29, 1.82) is 0 Å². The number of benzene rings is 2. The number of nitrogens with zero attached hydrogens (tertiary/aromatic N) is 5. The molecule has 178 valence electrons. The highest BCUT2D eigenvalue weighted by atomic mass is 19.4. The monoisotopic (exact) mass is 475 g/mol. The van der Waals surface area contributed by atoms with Gasteiger partial charge in [-0.15, -0.1) is 18.3 Å². The van der Waals surface area contributed by atoms with Crippen molar-refractivity contribution in [3.63, 3.8) is 0 Å². The molecule has 34 heavy (non-hydrogen) atoms. The second-order valence-corrected chi connectivity index (χ2v) is 7.67. The van der Waals surface area contributed by atoms with Gasteiger partial charge in [0.25, 0.3) is 0 Å². The van der Waals surface area contributed by atoms with Gasteiger partial charge in [0, 0.05) is 25.2 Å². The summed E-state index contributed by atoms with van der Waals surface area (Å²) in [5.74, 6) is -0.375. The Labute approximate surface area is 192 Å². The second-order valence-electron chi connectivity index (χ2n) is 7.67. The number of hydrogen-bond acceptors (Lipinski definition) is 5. The number of alkyl halides is 3. The number of piperazine rings is 1. The molecule has 4 rings (SSSR count). The van der Waals surface area contributed by atoms with E-state index in [0.29, 0.717) is 12.0 Å². The van der Waals surface area contributed by atoms with E-state index in [2.05, 4.69) is 15.0 Å². The zero-order valence-corrected chi connectivity index (χ0v) is 17.7. The van der Waals surface area contributed by atoms with Crippen LogP contribution in [0.25, 0.3) is 11.3 Å². The van der Waals surface area contributed by atoms with Gasteiger partial charge < -0.3 is 19.6 Å². The third-order valence-corrected chi connectivity index (χ3v) is 5.39. The van der Waals surface area contributed by atoms with Crippen LogP contribution in [0.4, 0.5) is 22.8 Å². The average molecular weight is 475 g/mol. The van der Waals surface area contributed by atoms with Crippen molar-refractivity contribution in [2.75, 3.05) is 19.6 Å². The summed E-state index contributed by atoms with van der Waals surface area (Å²) in [4.78, 5) is 27.5. The minimum absolute atomic E-state index is 0.151. The van der Waals surface area contributed by atoms with E-state index in [9.17, 15) is 27.9 Å². The van der Waals surface area contributed by atoms with Crippen LogP contribution < -0.4 is 4.74 Å². The van der Waals surface area contributed by atoms with Gasteiger partial charge in [0.05, 0.1) is 12.2 Å². The van der Waals surface area contributed by atoms with Crippen LogP contribution in [0.15, 0.2) is 60.8 Å². The Morgan fingerprint density at radius 3 is 2.41 bits per heavy atom. The fourth-order valence-corrected chi connectivity index (χ4v) is 3.79. The molecule has 1 atom stereocenters. The van der Waals surface area contributed by atoms with E-state index in [0.717, 1.165) is 22.4 Å². The van der Waals surface area contributed by atoms with Crippen molar-refractivity contribution in [3.05, 3.63) is 66.4 Å². The zero-order valence-electron chi connectivity index (χ0n) is 17.7. The van der Waals surface area contributed by atoms with Crippen molar-refractivity contribution in [2.45, 2.75) is 18.8 Å². The maximum absolute atomic E-state index is 13.2. The molecule has 2 aromatic carbocycles. The molecule has 0 aliphatic carbocycles. The van der Waals surface area contributed by atoms with Gasteiger partial charge in [-0.2, -0.15) is 4.68 Å². The summed E-state index contributed by atoms with van der Waals surface area (Å²) in [7, 11) is 0. The van der Waals surface area contributed by atoms with E-state index in [1.54, 1.807) is 4.90 Å². The predicted molar refractivity (Wildman–Crippen MR) is 113 cm³/mol. The molecule has 0 radical (unpaired) electrons. The molecule has 12 heteroatoms. The fourth-order valence-electron chi connectivity index (χ4n) is 3.79. The molecule has 1 N–H and O–H groups in total. The molecular formula is C22H20F3N5O4. The number of rotatable bonds is 4. The lowest BCUT2D eigenvalue weighted by molar-refractivity contribution is -0.274. The van der Waals surface area contributed by atoms with Gasteiger partial charge in [-0.05, 0) is 36.2 Å². The summed E-state index contributed by atoms with van der Waals surface area (Å²) < 4.78 is 41.9. The fraction of sp³-hybridized carbons (Fsp3) is 0.273.